The lowest BCUT2D eigenvalue weighted by Crippen LogP contribution is -2.47. The van der Waals surface area contributed by atoms with E-state index in [1.54, 1.807) is 0 Å². The Morgan fingerprint density at radius 1 is 1.35 bits per heavy atom. The van der Waals surface area contributed by atoms with Crippen molar-refractivity contribution in [3.8, 4) is 0 Å². The van der Waals surface area contributed by atoms with Gasteiger partial charge in [-0.15, -0.1) is 0 Å². The molecule has 1 amide bonds. The molecule has 4 nitrogen and oxygen atoms in total. The lowest BCUT2D eigenvalue weighted by molar-refractivity contribution is -0.133. The number of amides is 1. The molecule has 17 heavy (non-hydrogen) atoms. The molecule has 0 spiro atoms. The Morgan fingerprint density at radius 3 is 2.71 bits per heavy atom. The zero-order valence-corrected chi connectivity index (χ0v) is 11.2. The first-order valence-electron chi connectivity index (χ1n) is 6.85. The Hall–Kier alpha value is -0.610. The highest BCUT2D eigenvalue weighted by Crippen LogP contribution is 2.09. The molecule has 0 radical (unpaired) electrons. The van der Waals surface area contributed by atoms with Crippen molar-refractivity contribution in [1.82, 2.24) is 10.2 Å². The lowest BCUT2D eigenvalue weighted by Gasteiger charge is -2.29. The van der Waals surface area contributed by atoms with E-state index in [-0.39, 0.29) is 11.9 Å². The van der Waals surface area contributed by atoms with Gasteiger partial charge >= 0.3 is 0 Å². The number of nitrogens with one attached hydrogen (secondary N) is 1. The van der Waals surface area contributed by atoms with E-state index in [1.807, 2.05) is 18.7 Å². The number of carbonyl (C=O) groups is 1. The Balaban J connectivity index is 2.12. The van der Waals surface area contributed by atoms with Crippen LogP contribution in [0.2, 0.25) is 0 Å². The standard InChI is InChI=1S/C13H26N2O2/c1-3-17-11-7-8-14-12(2)13(16)15-9-5-4-6-10-15/h12,14H,3-11H2,1-2H3. The number of rotatable bonds is 7. The molecule has 0 saturated carbocycles. The van der Waals surface area contributed by atoms with Gasteiger partial charge in [0, 0.05) is 26.3 Å². The fraction of sp³-hybridized carbons (Fsp3) is 0.923. The van der Waals surface area contributed by atoms with Gasteiger partial charge in [0.1, 0.15) is 0 Å². The van der Waals surface area contributed by atoms with Gasteiger partial charge < -0.3 is 15.0 Å². The van der Waals surface area contributed by atoms with Crippen molar-refractivity contribution in [2.24, 2.45) is 0 Å². The molecule has 1 rings (SSSR count). The zero-order chi connectivity index (χ0) is 12.5. The molecule has 1 fully saturated rings. The average Bonchev–Trinajstić information content (AvgIpc) is 2.38. The Labute approximate surface area is 105 Å². The summed E-state index contributed by atoms with van der Waals surface area (Å²) >= 11 is 0. The summed E-state index contributed by atoms with van der Waals surface area (Å²) in [5, 5.41) is 3.27. The van der Waals surface area contributed by atoms with Crippen molar-refractivity contribution in [1.29, 1.82) is 0 Å². The fourth-order valence-electron chi connectivity index (χ4n) is 2.11. The van der Waals surface area contributed by atoms with Crippen LogP contribution in [0.4, 0.5) is 0 Å². The Morgan fingerprint density at radius 2 is 2.06 bits per heavy atom. The SMILES string of the molecule is CCOCCCNC(C)C(=O)N1CCCCC1. The quantitative estimate of drug-likeness (QED) is 0.686. The van der Waals surface area contributed by atoms with Gasteiger partial charge in [0.2, 0.25) is 5.91 Å². The van der Waals surface area contributed by atoms with Crippen LogP contribution in [0.1, 0.15) is 39.5 Å². The normalized spacial score (nSPS) is 18.1. The van der Waals surface area contributed by atoms with Gasteiger partial charge in [0.05, 0.1) is 6.04 Å². The van der Waals surface area contributed by atoms with Crippen molar-refractivity contribution in [2.75, 3.05) is 32.8 Å². The van der Waals surface area contributed by atoms with Gasteiger partial charge in [0.15, 0.2) is 0 Å². The molecule has 1 N–H and O–H groups in total. The van der Waals surface area contributed by atoms with E-state index in [9.17, 15) is 4.79 Å². The molecule has 1 aliphatic rings. The molecule has 0 bridgehead atoms. The molecular formula is C13H26N2O2. The van der Waals surface area contributed by atoms with Crippen LogP contribution in [0, 0.1) is 0 Å². The second kappa shape index (κ2) is 8.48. The molecule has 100 valence electrons. The first-order chi connectivity index (χ1) is 8.25. The van der Waals surface area contributed by atoms with Gasteiger partial charge in [-0.3, -0.25) is 4.79 Å². The summed E-state index contributed by atoms with van der Waals surface area (Å²) in [5.74, 6) is 0.251. The number of hydrogen-bond donors (Lipinski definition) is 1. The molecule has 0 aromatic heterocycles. The maximum absolute atomic E-state index is 12.1. The highest BCUT2D eigenvalue weighted by molar-refractivity contribution is 5.81. The van der Waals surface area contributed by atoms with Crippen molar-refractivity contribution >= 4 is 5.91 Å². The highest BCUT2D eigenvalue weighted by atomic mass is 16.5. The summed E-state index contributed by atoms with van der Waals surface area (Å²) in [6.45, 7) is 8.21. The smallest absolute Gasteiger partial charge is 0.239 e. The van der Waals surface area contributed by atoms with Gasteiger partial charge in [0.25, 0.3) is 0 Å². The summed E-state index contributed by atoms with van der Waals surface area (Å²) < 4.78 is 5.26. The molecule has 1 unspecified atom stereocenters. The van der Waals surface area contributed by atoms with E-state index < -0.39 is 0 Å². The number of carbonyl (C=O) groups excluding carboxylic acids is 1. The van der Waals surface area contributed by atoms with E-state index in [4.69, 9.17) is 4.74 Å². The number of nitrogens with zero attached hydrogens (tertiary/aromatic N) is 1. The van der Waals surface area contributed by atoms with Crippen LogP contribution in [0.25, 0.3) is 0 Å². The first-order valence-corrected chi connectivity index (χ1v) is 6.85. The molecule has 0 aliphatic carbocycles. The van der Waals surface area contributed by atoms with Crippen LogP contribution >= 0.6 is 0 Å². The third-order valence-corrected chi connectivity index (χ3v) is 3.16. The van der Waals surface area contributed by atoms with Gasteiger partial charge in [-0.25, -0.2) is 0 Å². The lowest BCUT2D eigenvalue weighted by atomic mass is 10.1. The third kappa shape index (κ3) is 5.50. The number of likely N-dealkylation sites (tertiary alicyclic amines) is 1. The van der Waals surface area contributed by atoms with E-state index in [0.29, 0.717) is 0 Å². The highest BCUT2D eigenvalue weighted by Gasteiger charge is 2.21. The first kappa shape index (κ1) is 14.5. The van der Waals surface area contributed by atoms with E-state index in [1.165, 1.54) is 6.42 Å². The van der Waals surface area contributed by atoms with Crippen molar-refractivity contribution in [2.45, 2.75) is 45.6 Å². The average molecular weight is 242 g/mol. The molecular weight excluding hydrogens is 216 g/mol. The molecule has 4 heteroatoms. The number of ether oxygens (including phenoxy) is 1. The zero-order valence-electron chi connectivity index (χ0n) is 11.2. The van der Waals surface area contributed by atoms with Crippen molar-refractivity contribution in [3.05, 3.63) is 0 Å². The van der Waals surface area contributed by atoms with Crippen LogP contribution < -0.4 is 5.32 Å². The van der Waals surface area contributed by atoms with E-state index >= 15 is 0 Å². The topological polar surface area (TPSA) is 41.6 Å². The van der Waals surface area contributed by atoms with Gasteiger partial charge in [-0.1, -0.05) is 0 Å². The van der Waals surface area contributed by atoms with Crippen LogP contribution in [-0.4, -0.2) is 49.7 Å². The Bertz CT molecular complexity index is 215. The second-order valence-corrected chi connectivity index (χ2v) is 4.61. The van der Waals surface area contributed by atoms with Gasteiger partial charge in [-0.05, 0) is 46.1 Å². The van der Waals surface area contributed by atoms with Crippen LogP contribution in [0.3, 0.4) is 0 Å². The maximum atomic E-state index is 12.1. The molecule has 0 aromatic carbocycles. The van der Waals surface area contributed by atoms with Crippen LogP contribution in [0.5, 0.6) is 0 Å². The maximum Gasteiger partial charge on any atom is 0.239 e. The molecule has 1 saturated heterocycles. The minimum atomic E-state index is -0.0604. The second-order valence-electron chi connectivity index (χ2n) is 4.61. The minimum absolute atomic E-state index is 0.0604. The molecule has 0 aromatic rings. The molecule has 1 atom stereocenters. The summed E-state index contributed by atoms with van der Waals surface area (Å²) in [4.78, 5) is 14.0. The largest absolute Gasteiger partial charge is 0.382 e. The van der Waals surface area contributed by atoms with Crippen LogP contribution in [-0.2, 0) is 9.53 Å². The summed E-state index contributed by atoms with van der Waals surface area (Å²) in [5.41, 5.74) is 0. The number of piperidine rings is 1. The summed E-state index contributed by atoms with van der Waals surface area (Å²) in [6.07, 6.45) is 4.54. The van der Waals surface area contributed by atoms with E-state index in [2.05, 4.69) is 5.32 Å². The van der Waals surface area contributed by atoms with Crippen molar-refractivity contribution < 1.29 is 9.53 Å². The number of hydrogen-bond acceptors (Lipinski definition) is 3. The third-order valence-electron chi connectivity index (χ3n) is 3.16. The van der Waals surface area contributed by atoms with E-state index in [0.717, 1.165) is 52.1 Å². The fourth-order valence-corrected chi connectivity index (χ4v) is 2.11. The Kier molecular flexibility index (Phi) is 7.21. The van der Waals surface area contributed by atoms with Gasteiger partial charge in [-0.2, -0.15) is 0 Å². The minimum Gasteiger partial charge on any atom is -0.382 e. The predicted molar refractivity (Wildman–Crippen MR) is 69.0 cm³/mol. The predicted octanol–water partition coefficient (Wildman–Crippen LogP) is 1.40. The van der Waals surface area contributed by atoms with Crippen molar-refractivity contribution in [3.63, 3.8) is 0 Å². The molecule has 1 aliphatic heterocycles. The monoisotopic (exact) mass is 242 g/mol. The summed E-state index contributed by atoms with van der Waals surface area (Å²) in [7, 11) is 0. The molecule has 1 heterocycles. The van der Waals surface area contributed by atoms with Crippen LogP contribution in [0.15, 0.2) is 0 Å². The summed E-state index contributed by atoms with van der Waals surface area (Å²) in [6, 6.07) is -0.0604.